The SMILES string of the molecule is CCCCSc1ccnc2cc(N)ccc12. The largest absolute Gasteiger partial charge is 0.399 e. The van der Waals surface area contributed by atoms with Crippen molar-refractivity contribution in [3.63, 3.8) is 0 Å². The Hall–Kier alpha value is -1.22. The minimum absolute atomic E-state index is 0.774. The highest BCUT2D eigenvalue weighted by Gasteiger charge is 2.02. The van der Waals surface area contributed by atoms with E-state index in [9.17, 15) is 0 Å². The molecule has 0 aliphatic heterocycles. The van der Waals surface area contributed by atoms with Crippen LogP contribution in [0.5, 0.6) is 0 Å². The lowest BCUT2D eigenvalue weighted by atomic mass is 10.2. The number of nitrogens with zero attached hydrogens (tertiary/aromatic N) is 1. The fourth-order valence-corrected chi connectivity index (χ4v) is 2.73. The van der Waals surface area contributed by atoms with Gasteiger partial charge in [-0.25, -0.2) is 0 Å². The molecule has 1 heterocycles. The van der Waals surface area contributed by atoms with Gasteiger partial charge in [0, 0.05) is 22.2 Å². The molecular weight excluding hydrogens is 216 g/mol. The molecule has 0 saturated heterocycles. The fraction of sp³-hybridized carbons (Fsp3) is 0.308. The first-order valence-corrected chi connectivity index (χ1v) is 6.57. The van der Waals surface area contributed by atoms with Gasteiger partial charge in [0.15, 0.2) is 0 Å². The molecule has 2 N–H and O–H groups in total. The minimum atomic E-state index is 0.774. The number of benzene rings is 1. The van der Waals surface area contributed by atoms with E-state index in [1.54, 1.807) is 0 Å². The van der Waals surface area contributed by atoms with Crippen molar-refractivity contribution < 1.29 is 0 Å². The van der Waals surface area contributed by atoms with E-state index in [1.807, 2.05) is 30.1 Å². The van der Waals surface area contributed by atoms with E-state index < -0.39 is 0 Å². The highest BCUT2D eigenvalue weighted by molar-refractivity contribution is 7.99. The van der Waals surface area contributed by atoms with E-state index in [0.717, 1.165) is 11.2 Å². The van der Waals surface area contributed by atoms with Gasteiger partial charge in [0.25, 0.3) is 0 Å². The zero-order valence-electron chi connectivity index (χ0n) is 9.44. The quantitative estimate of drug-likeness (QED) is 0.496. The average molecular weight is 232 g/mol. The summed E-state index contributed by atoms with van der Waals surface area (Å²) in [6.45, 7) is 2.21. The first-order valence-electron chi connectivity index (χ1n) is 5.58. The van der Waals surface area contributed by atoms with Crippen LogP contribution in [0.15, 0.2) is 35.4 Å². The normalized spacial score (nSPS) is 10.8. The summed E-state index contributed by atoms with van der Waals surface area (Å²) in [6, 6.07) is 8.01. The molecule has 0 spiro atoms. The number of thioether (sulfide) groups is 1. The van der Waals surface area contributed by atoms with Crippen molar-refractivity contribution in [3.05, 3.63) is 30.5 Å². The van der Waals surface area contributed by atoms with Crippen LogP contribution < -0.4 is 5.73 Å². The molecule has 1 aromatic heterocycles. The van der Waals surface area contributed by atoms with Crippen molar-refractivity contribution in [2.45, 2.75) is 24.7 Å². The molecule has 16 heavy (non-hydrogen) atoms. The lowest BCUT2D eigenvalue weighted by Crippen LogP contribution is -1.87. The molecule has 3 heteroatoms. The number of nitrogen functional groups attached to an aromatic ring is 1. The Bertz CT molecular complexity index is 482. The van der Waals surface area contributed by atoms with Crippen LogP contribution in [0, 0.1) is 0 Å². The topological polar surface area (TPSA) is 38.9 Å². The molecule has 0 amide bonds. The number of hydrogen-bond acceptors (Lipinski definition) is 3. The lowest BCUT2D eigenvalue weighted by Gasteiger charge is -2.05. The molecule has 0 saturated carbocycles. The molecule has 0 radical (unpaired) electrons. The summed E-state index contributed by atoms with van der Waals surface area (Å²) in [4.78, 5) is 5.64. The number of rotatable bonds is 4. The van der Waals surface area contributed by atoms with Crippen LogP contribution in [0.3, 0.4) is 0 Å². The maximum Gasteiger partial charge on any atom is 0.0733 e. The van der Waals surface area contributed by atoms with Gasteiger partial charge in [-0.2, -0.15) is 0 Å². The number of aromatic nitrogens is 1. The number of fused-ring (bicyclic) bond motifs is 1. The van der Waals surface area contributed by atoms with Crippen LogP contribution in [0.4, 0.5) is 5.69 Å². The fourth-order valence-electron chi connectivity index (χ4n) is 1.59. The summed E-state index contributed by atoms with van der Waals surface area (Å²) < 4.78 is 0. The molecule has 84 valence electrons. The van der Waals surface area contributed by atoms with Gasteiger partial charge in [-0.3, -0.25) is 4.98 Å². The lowest BCUT2D eigenvalue weighted by molar-refractivity contribution is 0.896. The Morgan fingerprint density at radius 1 is 1.31 bits per heavy atom. The molecule has 2 aromatic rings. The molecular formula is C13H16N2S. The van der Waals surface area contributed by atoms with Crippen molar-refractivity contribution in [2.24, 2.45) is 0 Å². The van der Waals surface area contributed by atoms with Crippen molar-refractivity contribution in [1.82, 2.24) is 4.98 Å². The summed E-state index contributed by atoms with van der Waals surface area (Å²) in [5.41, 5.74) is 7.51. The summed E-state index contributed by atoms with van der Waals surface area (Å²) in [5, 5.41) is 1.21. The van der Waals surface area contributed by atoms with Crippen molar-refractivity contribution >= 4 is 28.4 Å². The Labute approximate surface area is 100 Å². The Kier molecular flexibility index (Phi) is 3.67. The standard InChI is InChI=1S/C13H16N2S/c1-2-3-8-16-13-6-7-15-12-9-10(14)4-5-11(12)13/h4-7,9H,2-3,8,14H2,1H3. The minimum Gasteiger partial charge on any atom is -0.399 e. The Morgan fingerprint density at radius 2 is 2.19 bits per heavy atom. The maximum absolute atomic E-state index is 5.75. The van der Waals surface area contributed by atoms with Gasteiger partial charge in [-0.15, -0.1) is 11.8 Å². The second kappa shape index (κ2) is 5.21. The molecule has 2 nitrogen and oxygen atoms in total. The second-order valence-corrected chi connectivity index (χ2v) is 4.92. The van der Waals surface area contributed by atoms with E-state index in [1.165, 1.54) is 28.9 Å². The summed E-state index contributed by atoms with van der Waals surface area (Å²) in [7, 11) is 0. The van der Waals surface area contributed by atoms with Gasteiger partial charge in [0.2, 0.25) is 0 Å². The van der Waals surface area contributed by atoms with E-state index in [0.29, 0.717) is 0 Å². The van der Waals surface area contributed by atoms with Gasteiger partial charge in [0.1, 0.15) is 0 Å². The monoisotopic (exact) mass is 232 g/mol. The second-order valence-electron chi connectivity index (χ2n) is 3.79. The van der Waals surface area contributed by atoms with Crippen LogP contribution in [-0.4, -0.2) is 10.7 Å². The van der Waals surface area contributed by atoms with Crippen molar-refractivity contribution in [1.29, 1.82) is 0 Å². The summed E-state index contributed by atoms with van der Waals surface area (Å²) in [6.07, 6.45) is 4.35. The number of unbranched alkanes of at least 4 members (excludes halogenated alkanes) is 1. The Balaban J connectivity index is 2.30. The molecule has 1 aromatic carbocycles. The zero-order valence-corrected chi connectivity index (χ0v) is 10.3. The number of pyridine rings is 1. The third-order valence-electron chi connectivity index (χ3n) is 2.48. The van der Waals surface area contributed by atoms with Gasteiger partial charge < -0.3 is 5.73 Å². The Morgan fingerprint density at radius 3 is 3.00 bits per heavy atom. The highest BCUT2D eigenvalue weighted by Crippen LogP contribution is 2.28. The third-order valence-corrected chi connectivity index (χ3v) is 3.64. The first-order chi connectivity index (χ1) is 7.81. The number of anilines is 1. The average Bonchev–Trinajstić information content (AvgIpc) is 2.29. The molecule has 0 bridgehead atoms. The van der Waals surface area contributed by atoms with Gasteiger partial charge >= 0.3 is 0 Å². The number of nitrogens with two attached hydrogens (primary N) is 1. The van der Waals surface area contributed by atoms with Crippen LogP contribution in [0.1, 0.15) is 19.8 Å². The molecule has 0 atom stereocenters. The van der Waals surface area contributed by atoms with Gasteiger partial charge in [-0.05, 0) is 36.4 Å². The van der Waals surface area contributed by atoms with E-state index >= 15 is 0 Å². The van der Waals surface area contributed by atoms with E-state index in [-0.39, 0.29) is 0 Å². The van der Waals surface area contributed by atoms with Gasteiger partial charge in [-0.1, -0.05) is 13.3 Å². The molecule has 0 unspecified atom stereocenters. The molecule has 0 aliphatic carbocycles. The van der Waals surface area contributed by atoms with Crippen molar-refractivity contribution in [2.75, 3.05) is 11.5 Å². The third kappa shape index (κ3) is 2.47. The predicted octanol–water partition coefficient (Wildman–Crippen LogP) is 3.71. The highest BCUT2D eigenvalue weighted by atomic mass is 32.2. The molecule has 0 fully saturated rings. The molecule has 2 rings (SSSR count). The van der Waals surface area contributed by atoms with Gasteiger partial charge in [0.05, 0.1) is 5.52 Å². The molecule has 0 aliphatic rings. The van der Waals surface area contributed by atoms with Crippen LogP contribution >= 0.6 is 11.8 Å². The van der Waals surface area contributed by atoms with Crippen LogP contribution in [-0.2, 0) is 0 Å². The smallest absolute Gasteiger partial charge is 0.0733 e. The van der Waals surface area contributed by atoms with E-state index in [2.05, 4.69) is 24.0 Å². The zero-order chi connectivity index (χ0) is 11.4. The van der Waals surface area contributed by atoms with Crippen LogP contribution in [0.2, 0.25) is 0 Å². The van der Waals surface area contributed by atoms with Crippen LogP contribution in [0.25, 0.3) is 10.9 Å². The maximum atomic E-state index is 5.75. The predicted molar refractivity (Wildman–Crippen MR) is 71.8 cm³/mol. The van der Waals surface area contributed by atoms with E-state index in [4.69, 9.17) is 5.73 Å². The number of hydrogen-bond donors (Lipinski definition) is 1. The summed E-state index contributed by atoms with van der Waals surface area (Å²) >= 11 is 1.90. The van der Waals surface area contributed by atoms with Crippen molar-refractivity contribution in [3.8, 4) is 0 Å². The first kappa shape index (κ1) is 11.3. The summed E-state index contributed by atoms with van der Waals surface area (Å²) in [5.74, 6) is 1.17.